The van der Waals surface area contributed by atoms with Gasteiger partial charge in [-0.2, -0.15) is 0 Å². The van der Waals surface area contributed by atoms with Gasteiger partial charge in [-0.05, 0) is 55.5 Å². The van der Waals surface area contributed by atoms with E-state index in [4.69, 9.17) is 4.74 Å². The second-order valence-corrected chi connectivity index (χ2v) is 7.88. The lowest BCUT2D eigenvalue weighted by Gasteiger charge is -2.33. The van der Waals surface area contributed by atoms with Crippen molar-refractivity contribution in [3.05, 3.63) is 72.1 Å². The van der Waals surface area contributed by atoms with Gasteiger partial charge < -0.3 is 15.0 Å². The van der Waals surface area contributed by atoms with Gasteiger partial charge >= 0.3 is 0 Å². The molecule has 31 heavy (non-hydrogen) atoms. The van der Waals surface area contributed by atoms with Crippen LogP contribution in [-0.4, -0.2) is 29.0 Å². The normalized spacial score (nSPS) is 16.1. The standard InChI is InChI=1S/C25H28N4O2/c1-3-19-10-12-21(13-11-19)28-24(30)20-8-6-16-29(17-20)23-25(27-15-14-26-23)31-22-9-5-4-7-18(22)2/h4-5,7,9-15,20H,3,6,8,16-17H2,1-2H3,(H,28,30)/t20-/m1/s1. The lowest BCUT2D eigenvalue weighted by molar-refractivity contribution is -0.120. The summed E-state index contributed by atoms with van der Waals surface area (Å²) in [5, 5.41) is 3.06. The Labute approximate surface area is 183 Å². The number of ether oxygens (including phenoxy) is 1. The maximum atomic E-state index is 12.9. The van der Waals surface area contributed by atoms with Crippen molar-refractivity contribution in [1.82, 2.24) is 9.97 Å². The quantitative estimate of drug-likeness (QED) is 0.613. The van der Waals surface area contributed by atoms with Crippen LogP contribution < -0.4 is 15.0 Å². The number of anilines is 2. The van der Waals surface area contributed by atoms with Crippen LogP contribution in [0.25, 0.3) is 0 Å². The van der Waals surface area contributed by atoms with Gasteiger partial charge in [0.05, 0.1) is 5.92 Å². The summed E-state index contributed by atoms with van der Waals surface area (Å²) in [5.41, 5.74) is 3.12. The van der Waals surface area contributed by atoms with Crippen LogP contribution in [0.1, 0.15) is 30.9 Å². The van der Waals surface area contributed by atoms with E-state index in [9.17, 15) is 4.79 Å². The Morgan fingerprint density at radius 3 is 2.68 bits per heavy atom. The van der Waals surface area contributed by atoms with Crippen LogP contribution in [-0.2, 0) is 11.2 Å². The lowest BCUT2D eigenvalue weighted by Crippen LogP contribution is -2.41. The highest BCUT2D eigenvalue weighted by Crippen LogP contribution is 2.32. The molecular weight excluding hydrogens is 388 g/mol. The number of piperidine rings is 1. The van der Waals surface area contributed by atoms with Crippen LogP contribution in [0.15, 0.2) is 60.9 Å². The predicted molar refractivity (Wildman–Crippen MR) is 123 cm³/mol. The Balaban J connectivity index is 1.47. The first-order chi connectivity index (χ1) is 15.1. The van der Waals surface area contributed by atoms with E-state index in [1.165, 1.54) is 5.56 Å². The van der Waals surface area contributed by atoms with Gasteiger partial charge in [-0.1, -0.05) is 37.3 Å². The molecule has 1 saturated heterocycles. The largest absolute Gasteiger partial charge is 0.436 e. The van der Waals surface area contributed by atoms with Crippen molar-refractivity contribution < 1.29 is 9.53 Å². The first kappa shape index (κ1) is 20.8. The second-order valence-electron chi connectivity index (χ2n) is 7.88. The van der Waals surface area contributed by atoms with Crippen molar-refractivity contribution in [2.45, 2.75) is 33.1 Å². The average molecular weight is 417 g/mol. The third-order valence-corrected chi connectivity index (χ3v) is 5.67. The number of nitrogens with zero attached hydrogens (tertiary/aromatic N) is 3. The topological polar surface area (TPSA) is 67.4 Å². The molecule has 0 spiro atoms. The first-order valence-electron chi connectivity index (χ1n) is 10.8. The molecule has 6 nitrogen and oxygen atoms in total. The highest BCUT2D eigenvalue weighted by atomic mass is 16.5. The number of carbonyl (C=O) groups is 1. The number of aryl methyl sites for hydroxylation is 2. The summed E-state index contributed by atoms with van der Waals surface area (Å²) in [6.45, 7) is 5.52. The second kappa shape index (κ2) is 9.60. The molecule has 1 aromatic heterocycles. The van der Waals surface area contributed by atoms with E-state index in [2.05, 4.69) is 39.2 Å². The van der Waals surface area contributed by atoms with E-state index in [0.29, 0.717) is 18.2 Å². The fourth-order valence-electron chi connectivity index (χ4n) is 3.83. The van der Waals surface area contributed by atoms with E-state index in [1.54, 1.807) is 12.4 Å². The van der Waals surface area contributed by atoms with Crippen molar-refractivity contribution in [2.75, 3.05) is 23.3 Å². The summed E-state index contributed by atoms with van der Waals surface area (Å²) < 4.78 is 6.09. The number of para-hydroxylation sites is 1. The fraction of sp³-hybridized carbons (Fsp3) is 0.320. The molecule has 0 saturated carbocycles. The minimum Gasteiger partial charge on any atom is -0.436 e. The number of carbonyl (C=O) groups excluding carboxylic acids is 1. The molecule has 0 bridgehead atoms. The number of aromatic nitrogens is 2. The Kier molecular flexibility index (Phi) is 6.46. The van der Waals surface area contributed by atoms with Crippen molar-refractivity contribution in [3.8, 4) is 11.6 Å². The minimum atomic E-state index is -0.118. The van der Waals surface area contributed by atoms with Crippen molar-refractivity contribution in [3.63, 3.8) is 0 Å². The zero-order valence-electron chi connectivity index (χ0n) is 18.0. The molecule has 1 amide bonds. The molecule has 1 atom stereocenters. The predicted octanol–water partition coefficient (Wildman–Crippen LogP) is 4.99. The number of benzene rings is 2. The third-order valence-electron chi connectivity index (χ3n) is 5.67. The average Bonchev–Trinajstić information content (AvgIpc) is 2.81. The lowest BCUT2D eigenvalue weighted by atomic mass is 9.97. The van der Waals surface area contributed by atoms with Crippen LogP contribution in [0.4, 0.5) is 11.5 Å². The maximum Gasteiger partial charge on any atom is 0.263 e. The maximum absolute atomic E-state index is 12.9. The Morgan fingerprint density at radius 1 is 1.13 bits per heavy atom. The smallest absolute Gasteiger partial charge is 0.263 e. The highest BCUT2D eigenvalue weighted by molar-refractivity contribution is 5.93. The first-order valence-corrected chi connectivity index (χ1v) is 10.8. The molecule has 1 aliphatic heterocycles. The number of amides is 1. The van der Waals surface area contributed by atoms with Crippen molar-refractivity contribution >= 4 is 17.4 Å². The van der Waals surface area contributed by atoms with Gasteiger partial charge in [0.1, 0.15) is 5.75 Å². The monoisotopic (exact) mass is 416 g/mol. The summed E-state index contributed by atoms with van der Waals surface area (Å²) in [7, 11) is 0. The third kappa shape index (κ3) is 5.02. The highest BCUT2D eigenvalue weighted by Gasteiger charge is 2.28. The summed E-state index contributed by atoms with van der Waals surface area (Å²) in [6.07, 6.45) is 6.04. The Hall–Kier alpha value is -3.41. The SMILES string of the molecule is CCc1ccc(NC(=O)[C@@H]2CCCN(c3nccnc3Oc3ccccc3C)C2)cc1. The zero-order chi connectivity index (χ0) is 21.6. The molecule has 0 unspecified atom stereocenters. The van der Waals surface area contributed by atoms with Crippen LogP contribution >= 0.6 is 0 Å². The molecular formula is C25H28N4O2. The van der Waals surface area contributed by atoms with Crippen LogP contribution in [0.2, 0.25) is 0 Å². The van der Waals surface area contributed by atoms with E-state index < -0.39 is 0 Å². The fourth-order valence-corrected chi connectivity index (χ4v) is 3.83. The Bertz CT molecular complexity index is 1040. The van der Waals surface area contributed by atoms with Crippen LogP contribution in [0.5, 0.6) is 11.6 Å². The summed E-state index contributed by atoms with van der Waals surface area (Å²) in [6, 6.07) is 15.9. The molecule has 160 valence electrons. The van der Waals surface area contributed by atoms with Gasteiger partial charge in [0.2, 0.25) is 5.91 Å². The molecule has 1 N–H and O–H groups in total. The number of hydrogen-bond donors (Lipinski definition) is 1. The van der Waals surface area contributed by atoms with Gasteiger partial charge in [0.25, 0.3) is 5.88 Å². The van der Waals surface area contributed by atoms with Gasteiger partial charge in [-0.3, -0.25) is 4.79 Å². The summed E-state index contributed by atoms with van der Waals surface area (Å²) in [4.78, 5) is 24.0. The summed E-state index contributed by atoms with van der Waals surface area (Å²) in [5.74, 6) is 1.82. The molecule has 0 radical (unpaired) electrons. The molecule has 2 heterocycles. The summed E-state index contributed by atoms with van der Waals surface area (Å²) >= 11 is 0. The van der Waals surface area contributed by atoms with Crippen molar-refractivity contribution in [2.24, 2.45) is 5.92 Å². The van der Waals surface area contributed by atoms with E-state index >= 15 is 0 Å². The Morgan fingerprint density at radius 2 is 1.90 bits per heavy atom. The van der Waals surface area contributed by atoms with E-state index in [-0.39, 0.29) is 11.8 Å². The molecule has 6 heteroatoms. The van der Waals surface area contributed by atoms with E-state index in [1.807, 2.05) is 43.3 Å². The van der Waals surface area contributed by atoms with E-state index in [0.717, 1.165) is 42.8 Å². The van der Waals surface area contributed by atoms with Crippen LogP contribution in [0.3, 0.4) is 0 Å². The number of nitrogens with one attached hydrogen (secondary N) is 1. The van der Waals surface area contributed by atoms with Crippen LogP contribution in [0, 0.1) is 12.8 Å². The van der Waals surface area contributed by atoms with Gasteiger partial charge in [0, 0.05) is 31.2 Å². The molecule has 1 aliphatic rings. The molecule has 2 aromatic carbocycles. The van der Waals surface area contributed by atoms with Crippen molar-refractivity contribution in [1.29, 1.82) is 0 Å². The van der Waals surface area contributed by atoms with Gasteiger partial charge in [-0.25, -0.2) is 9.97 Å². The van der Waals surface area contributed by atoms with Gasteiger partial charge in [-0.15, -0.1) is 0 Å². The number of hydrogen-bond acceptors (Lipinski definition) is 5. The zero-order valence-corrected chi connectivity index (χ0v) is 18.0. The molecule has 0 aliphatic carbocycles. The molecule has 1 fully saturated rings. The molecule has 3 aromatic rings. The van der Waals surface area contributed by atoms with Gasteiger partial charge in [0.15, 0.2) is 5.82 Å². The molecule has 4 rings (SSSR count). The number of rotatable bonds is 6. The minimum absolute atomic E-state index is 0.0409.